The van der Waals surface area contributed by atoms with Crippen molar-refractivity contribution < 1.29 is 82.2 Å². The number of hydrogen-bond acceptors (Lipinski definition) is 2. The molecule has 11 heteroatoms. The summed E-state index contributed by atoms with van der Waals surface area (Å²) in [6.45, 7) is 1.50. The van der Waals surface area contributed by atoms with Crippen molar-refractivity contribution in [1.82, 2.24) is 0 Å². The van der Waals surface area contributed by atoms with Gasteiger partial charge in [-0.05, 0) is 23.6 Å². The van der Waals surface area contributed by atoms with Crippen LogP contribution in [0.4, 0.5) is 0 Å². The second-order valence-corrected chi connectivity index (χ2v) is 13.7. The van der Waals surface area contributed by atoms with E-state index in [2.05, 4.69) is 51.3 Å². The normalized spacial score (nSPS) is 10.6. The van der Waals surface area contributed by atoms with E-state index in [1.54, 1.807) is 0 Å². The summed E-state index contributed by atoms with van der Waals surface area (Å²) in [6.07, 6.45) is 28.9. The topological polar surface area (TPSA) is 121 Å². The molecule has 0 saturated carbocycles. The zero-order valence-electron chi connectivity index (χ0n) is 24.5. The van der Waals surface area contributed by atoms with Gasteiger partial charge in [0.05, 0.1) is 0 Å². The van der Waals surface area contributed by atoms with E-state index in [0.717, 1.165) is 0 Å². The second kappa shape index (κ2) is 38.8. The van der Waals surface area contributed by atoms with Gasteiger partial charge in [-0.15, -0.1) is 0 Å². The van der Waals surface area contributed by atoms with Crippen LogP contribution in [-0.4, -0.2) is 29.4 Å². The number of hydrogen-bond donors (Lipinski definition) is 6. The first-order valence-corrected chi connectivity index (χ1v) is 18.7. The predicted octanol–water partition coefficient (Wildman–Crippen LogP) is 5.35. The standard InChI is InChI=1S/2C12H26.K.2H3O3PS.H/c2*1-3-5-7-9-11-12-10-8-6-4-2;;2*1-4(2,3)5;/h2*3-12H2,1-2H3;;2*(H3,1,2,3,5);/q;;+1;;;-1. The first-order valence-electron chi connectivity index (χ1n) is 13.4. The third-order valence-corrected chi connectivity index (χ3v) is 4.91. The molecule has 0 atom stereocenters. The molecule has 0 fully saturated rings. The van der Waals surface area contributed by atoms with Crippen LogP contribution >= 0.6 is 13.4 Å². The average Bonchev–Trinajstić information content (AvgIpc) is 2.70. The van der Waals surface area contributed by atoms with Gasteiger partial charge < -0.3 is 30.8 Å². The SMILES string of the molecule is CCCCCCCCCCCC.CCCCCCCCCCCC.OP(O)(O)=S.OP(O)(O)=S.[H-].[K+]. The van der Waals surface area contributed by atoms with Crippen LogP contribution in [0, 0.1) is 0 Å². The van der Waals surface area contributed by atoms with Crippen LogP contribution in [0.2, 0.25) is 0 Å². The van der Waals surface area contributed by atoms with Crippen molar-refractivity contribution in [2.24, 2.45) is 0 Å². The minimum Gasteiger partial charge on any atom is -1.00 e. The van der Waals surface area contributed by atoms with Gasteiger partial charge in [-0.25, -0.2) is 0 Å². The van der Waals surface area contributed by atoms with Crippen LogP contribution in [-0.2, 0) is 23.6 Å². The average molecular weight is 609 g/mol. The van der Waals surface area contributed by atoms with E-state index in [1.807, 2.05) is 0 Å². The predicted molar refractivity (Wildman–Crippen MR) is 158 cm³/mol. The van der Waals surface area contributed by atoms with Crippen molar-refractivity contribution in [1.29, 1.82) is 0 Å². The summed E-state index contributed by atoms with van der Waals surface area (Å²) >= 11 is 7.21. The Morgan fingerprint density at radius 2 is 0.457 bits per heavy atom. The summed E-state index contributed by atoms with van der Waals surface area (Å²) in [5.74, 6) is 0. The van der Waals surface area contributed by atoms with Gasteiger partial charge in [0.25, 0.3) is 0 Å². The summed E-state index contributed by atoms with van der Waals surface area (Å²) in [5, 5.41) is 0. The fourth-order valence-electron chi connectivity index (χ4n) is 3.12. The molecule has 0 aromatic rings. The molecule has 214 valence electrons. The molecular formula is C24H59KO6P2S2. The van der Waals surface area contributed by atoms with Gasteiger partial charge in [0.1, 0.15) is 0 Å². The van der Waals surface area contributed by atoms with E-state index in [9.17, 15) is 0 Å². The zero-order valence-corrected chi connectivity index (χ0v) is 30.1. The van der Waals surface area contributed by atoms with Crippen LogP contribution in [0.5, 0.6) is 0 Å². The maximum Gasteiger partial charge on any atom is 1.00 e. The van der Waals surface area contributed by atoms with Crippen LogP contribution in [0.3, 0.4) is 0 Å². The zero-order chi connectivity index (χ0) is 27.1. The van der Waals surface area contributed by atoms with Gasteiger partial charge in [0, 0.05) is 0 Å². The van der Waals surface area contributed by atoms with Crippen LogP contribution in [0.1, 0.15) is 158 Å². The summed E-state index contributed by atoms with van der Waals surface area (Å²) < 4.78 is 0. The molecule has 6 N–H and O–H groups in total. The van der Waals surface area contributed by atoms with Crippen molar-refractivity contribution in [3.8, 4) is 0 Å². The first kappa shape index (κ1) is 47.5. The fourth-order valence-corrected chi connectivity index (χ4v) is 3.12. The largest absolute Gasteiger partial charge is 1.00 e. The van der Waals surface area contributed by atoms with Crippen molar-refractivity contribution in [2.45, 2.75) is 156 Å². The molecule has 0 heterocycles. The summed E-state index contributed by atoms with van der Waals surface area (Å²) in [5.41, 5.74) is 0. The second-order valence-electron chi connectivity index (χ2n) is 8.68. The van der Waals surface area contributed by atoms with E-state index in [4.69, 9.17) is 29.4 Å². The monoisotopic (exact) mass is 608 g/mol. The Morgan fingerprint density at radius 3 is 0.543 bits per heavy atom. The summed E-state index contributed by atoms with van der Waals surface area (Å²) in [6, 6.07) is 0. The summed E-state index contributed by atoms with van der Waals surface area (Å²) in [4.78, 5) is 45.3. The van der Waals surface area contributed by atoms with E-state index < -0.39 is 13.4 Å². The molecule has 35 heavy (non-hydrogen) atoms. The molecule has 0 saturated heterocycles. The van der Waals surface area contributed by atoms with Crippen molar-refractivity contribution in [3.63, 3.8) is 0 Å². The van der Waals surface area contributed by atoms with E-state index in [1.165, 1.54) is 128 Å². The van der Waals surface area contributed by atoms with Gasteiger partial charge in [-0.3, -0.25) is 0 Å². The van der Waals surface area contributed by atoms with Gasteiger partial charge in [0.2, 0.25) is 0 Å². The van der Waals surface area contributed by atoms with Crippen molar-refractivity contribution in [2.75, 3.05) is 0 Å². The molecular weight excluding hydrogens is 549 g/mol. The molecule has 0 unspecified atom stereocenters. The van der Waals surface area contributed by atoms with Crippen LogP contribution < -0.4 is 51.4 Å². The minimum atomic E-state index is -3.81. The van der Waals surface area contributed by atoms with Gasteiger partial charge in [0.15, 0.2) is 0 Å². The van der Waals surface area contributed by atoms with Crippen LogP contribution in [0.15, 0.2) is 0 Å². The first-order chi connectivity index (χ1) is 15.8. The Morgan fingerprint density at radius 1 is 0.371 bits per heavy atom. The molecule has 0 bridgehead atoms. The van der Waals surface area contributed by atoms with E-state index >= 15 is 0 Å². The molecule has 0 aliphatic heterocycles. The fraction of sp³-hybridized carbons (Fsp3) is 1.00. The smallest absolute Gasteiger partial charge is 1.00 e. The number of unbranched alkanes of at least 4 members (excludes halogenated alkanes) is 18. The maximum absolute atomic E-state index is 7.56. The van der Waals surface area contributed by atoms with Gasteiger partial charge in [-0.2, -0.15) is 0 Å². The molecule has 0 rings (SSSR count). The molecule has 0 aromatic carbocycles. The third-order valence-electron chi connectivity index (χ3n) is 4.91. The molecule has 0 radical (unpaired) electrons. The molecule has 0 aliphatic rings. The summed E-state index contributed by atoms with van der Waals surface area (Å²) in [7, 11) is 0. The Balaban J connectivity index is -0.0000000881. The molecule has 0 aliphatic carbocycles. The Kier molecular flexibility index (Phi) is 52.7. The van der Waals surface area contributed by atoms with Crippen molar-refractivity contribution >= 4 is 37.1 Å². The third kappa shape index (κ3) is 103. The van der Waals surface area contributed by atoms with Gasteiger partial charge >= 0.3 is 64.8 Å². The molecule has 0 amide bonds. The quantitative estimate of drug-likeness (QED) is 0.0700. The molecule has 6 nitrogen and oxygen atoms in total. The van der Waals surface area contributed by atoms with Crippen LogP contribution in [0.25, 0.3) is 0 Å². The minimum absolute atomic E-state index is 0. The maximum atomic E-state index is 7.56. The number of rotatable bonds is 18. The van der Waals surface area contributed by atoms with E-state index in [0.29, 0.717) is 0 Å². The van der Waals surface area contributed by atoms with E-state index in [-0.39, 0.29) is 52.8 Å². The molecule has 0 aromatic heterocycles. The molecule has 0 spiro atoms. The Hall–Kier alpha value is 2.70. The Labute approximate surface area is 272 Å². The van der Waals surface area contributed by atoms with Crippen molar-refractivity contribution in [3.05, 3.63) is 0 Å². The Bertz CT molecular complexity index is 382. The van der Waals surface area contributed by atoms with Gasteiger partial charge in [-0.1, -0.05) is 156 Å².